The highest BCUT2D eigenvalue weighted by atomic mass is 16.2. The zero-order valence-corrected chi connectivity index (χ0v) is 14.9. The van der Waals surface area contributed by atoms with Gasteiger partial charge in [0.25, 0.3) is 5.91 Å². The average Bonchev–Trinajstić information content (AvgIpc) is 3.22. The van der Waals surface area contributed by atoms with Gasteiger partial charge in [-0.1, -0.05) is 0 Å². The summed E-state index contributed by atoms with van der Waals surface area (Å²) in [6.07, 6.45) is 12.6. The van der Waals surface area contributed by atoms with Crippen LogP contribution in [-0.2, 0) is 13.5 Å². The summed E-state index contributed by atoms with van der Waals surface area (Å²) < 4.78 is 3.90. The molecule has 0 bridgehead atoms. The normalized spacial score (nSPS) is 18.3. The van der Waals surface area contributed by atoms with E-state index in [0.29, 0.717) is 11.6 Å². The van der Waals surface area contributed by atoms with Crippen molar-refractivity contribution in [2.24, 2.45) is 7.05 Å². The molecular weight excluding hydrogens is 302 g/mol. The van der Waals surface area contributed by atoms with Crippen molar-refractivity contribution in [2.75, 3.05) is 6.54 Å². The number of nitrogens with zero attached hydrogens (tertiary/aromatic N) is 5. The second-order valence-electron chi connectivity index (χ2n) is 6.94. The number of likely N-dealkylation sites (tertiary alicyclic amines) is 1. The summed E-state index contributed by atoms with van der Waals surface area (Å²) in [5.74, 6) is 1.20. The summed E-state index contributed by atoms with van der Waals surface area (Å²) in [6, 6.07) is 0.567. The average molecular weight is 329 g/mol. The second-order valence-corrected chi connectivity index (χ2v) is 6.94. The molecule has 24 heavy (non-hydrogen) atoms. The van der Waals surface area contributed by atoms with Crippen LogP contribution in [0.5, 0.6) is 0 Å². The molecule has 3 rings (SSSR count). The Bertz CT molecular complexity index is 687. The van der Waals surface area contributed by atoms with E-state index in [2.05, 4.69) is 28.5 Å². The first-order valence-corrected chi connectivity index (χ1v) is 8.87. The number of aryl methyl sites for hydroxylation is 2. The van der Waals surface area contributed by atoms with Gasteiger partial charge in [-0.2, -0.15) is 5.10 Å². The van der Waals surface area contributed by atoms with Crippen LogP contribution in [0.15, 0.2) is 24.8 Å². The van der Waals surface area contributed by atoms with Gasteiger partial charge in [0, 0.05) is 50.7 Å². The Morgan fingerprint density at radius 2 is 2.21 bits per heavy atom. The summed E-state index contributed by atoms with van der Waals surface area (Å²) in [4.78, 5) is 19.4. The van der Waals surface area contributed by atoms with Gasteiger partial charge in [-0.3, -0.25) is 9.48 Å². The molecule has 1 amide bonds. The Kier molecular flexibility index (Phi) is 5.02. The predicted octanol–water partition coefficient (Wildman–Crippen LogP) is 2.83. The zero-order valence-electron chi connectivity index (χ0n) is 14.9. The van der Waals surface area contributed by atoms with E-state index in [1.54, 1.807) is 6.20 Å². The molecule has 0 N–H and O–H groups in total. The molecule has 1 atom stereocenters. The largest absolute Gasteiger partial charge is 0.338 e. The molecular formula is C18H27N5O. The molecule has 0 spiro atoms. The summed E-state index contributed by atoms with van der Waals surface area (Å²) in [5.41, 5.74) is 0.701. The van der Waals surface area contributed by atoms with Crippen molar-refractivity contribution in [2.45, 2.75) is 58.0 Å². The summed E-state index contributed by atoms with van der Waals surface area (Å²) in [7, 11) is 2.02. The molecule has 2 aromatic rings. The number of rotatable bonds is 5. The minimum atomic E-state index is 0.117. The number of piperidine rings is 1. The fourth-order valence-electron chi connectivity index (χ4n) is 3.40. The van der Waals surface area contributed by atoms with Gasteiger partial charge in [0.1, 0.15) is 5.82 Å². The molecule has 0 saturated carbocycles. The number of hydrogen-bond donors (Lipinski definition) is 0. The van der Waals surface area contributed by atoms with E-state index in [1.807, 2.05) is 35.2 Å². The van der Waals surface area contributed by atoms with Gasteiger partial charge < -0.3 is 9.47 Å². The van der Waals surface area contributed by atoms with Gasteiger partial charge in [0.15, 0.2) is 0 Å². The molecule has 6 heteroatoms. The number of hydrogen-bond acceptors (Lipinski definition) is 3. The highest BCUT2D eigenvalue weighted by Gasteiger charge is 2.28. The van der Waals surface area contributed by atoms with E-state index < -0.39 is 0 Å². The minimum Gasteiger partial charge on any atom is -0.338 e. The van der Waals surface area contributed by atoms with Crippen molar-refractivity contribution < 1.29 is 4.79 Å². The maximum Gasteiger partial charge on any atom is 0.257 e. The van der Waals surface area contributed by atoms with Gasteiger partial charge in [0.05, 0.1) is 11.8 Å². The van der Waals surface area contributed by atoms with Gasteiger partial charge in [-0.15, -0.1) is 0 Å². The zero-order chi connectivity index (χ0) is 17.1. The molecule has 0 unspecified atom stereocenters. The van der Waals surface area contributed by atoms with Crippen LogP contribution in [0.1, 0.15) is 61.8 Å². The van der Waals surface area contributed by atoms with Crippen LogP contribution in [0.3, 0.4) is 0 Å². The molecule has 3 heterocycles. The van der Waals surface area contributed by atoms with E-state index >= 15 is 0 Å². The van der Waals surface area contributed by atoms with Gasteiger partial charge in [0.2, 0.25) is 0 Å². The number of carbonyl (C=O) groups excluding carboxylic acids is 1. The second kappa shape index (κ2) is 7.20. The van der Waals surface area contributed by atoms with Crippen LogP contribution in [-0.4, -0.2) is 42.7 Å². The molecule has 0 radical (unpaired) electrons. The lowest BCUT2D eigenvalue weighted by molar-refractivity contribution is 0.0601. The minimum absolute atomic E-state index is 0.117. The quantitative estimate of drug-likeness (QED) is 0.847. The van der Waals surface area contributed by atoms with Crippen molar-refractivity contribution in [3.05, 3.63) is 36.2 Å². The molecule has 0 aromatic carbocycles. The van der Waals surface area contributed by atoms with Crippen LogP contribution >= 0.6 is 0 Å². The Morgan fingerprint density at radius 3 is 2.88 bits per heavy atom. The monoisotopic (exact) mass is 329 g/mol. The maximum absolute atomic E-state index is 12.9. The van der Waals surface area contributed by atoms with Crippen LogP contribution in [0.2, 0.25) is 0 Å². The van der Waals surface area contributed by atoms with Crippen LogP contribution < -0.4 is 0 Å². The fraction of sp³-hybridized carbons (Fsp3) is 0.611. The summed E-state index contributed by atoms with van der Waals surface area (Å²) in [5, 5.41) is 4.31. The van der Waals surface area contributed by atoms with Gasteiger partial charge in [-0.05, 0) is 39.5 Å². The summed E-state index contributed by atoms with van der Waals surface area (Å²) in [6.45, 7) is 4.98. The number of aromatic nitrogens is 4. The number of amides is 1. The third-order valence-electron chi connectivity index (χ3n) is 4.89. The Balaban J connectivity index is 1.69. The number of carbonyl (C=O) groups is 1. The van der Waals surface area contributed by atoms with Crippen LogP contribution in [0, 0.1) is 0 Å². The van der Waals surface area contributed by atoms with E-state index in [4.69, 9.17) is 0 Å². The van der Waals surface area contributed by atoms with E-state index in [1.165, 1.54) is 6.42 Å². The first-order valence-electron chi connectivity index (χ1n) is 8.87. The Hall–Kier alpha value is -2.11. The lowest BCUT2D eigenvalue weighted by Crippen LogP contribution is -2.44. The molecule has 6 nitrogen and oxygen atoms in total. The van der Waals surface area contributed by atoms with Crippen molar-refractivity contribution in [3.63, 3.8) is 0 Å². The molecule has 2 aromatic heterocycles. The third kappa shape index (κ3) is 3.52. The fourth-order valence-corrected chi connectivity index (χ4v) is 3.40. The van der Waals surface area contributed by atoms with Crippen molar-refractivity contribution in [3.8, 4) is 0 Å². The lowest BCUT2D eigenvalue weighted by Gasteiger charge is -2.35. The van der Waals surface area contributed by atoms with Gasteiger partial charge >= 0.3 is 0 Å². The molecule has 1 aliphatic heterocycles. The first-order chi connectivity index (χ1) is 11.6. The predicted molar refractivity (Wildman–Crippen MR) is 92.8 cm³/mol. The standard InChI is InChI=1S/C18H27N5O/c1-14(2)23-13-15(12-20-23)18(24)22-10-5-4-6-16(22)7-8-17-19-9-11-21(17)3/h9,11-14,16H,4-8,10H2,1-3H3/t16-/m0/s1. The maximum atomic E-state index is 12.9. The van der Waals surface area contributed by atoms with Crippen molar-refractivity contribution in [1.29, 1.82) is 0 Å². The number of imidazole rings is 1. The highest BCUT2D eigenvalue weighted by Crippen LogP contribution is 2.23. The SMILES string of the molecule is CC(C)n1cc(C(=O)N2CCCC[C@H]2CCc2nccn2C)cn1. The van der Waals surface area contributed by atoms with E-state index in [9.17, 15) is 4.79 Å². The topological polar surface area (TPSA) is 56.0 Å². The van der Waals surface area contributed by atoms with Crippen molar-refractivity contribution >= 4 is 5.91 Å². The Labute approximate surface area is 143 Å². The molecule has 1 aliphatic rings. The van der Waals surface area contributed by atoms with Crippen LogP contribution in [0.25, 0.3) is 0 Å². The first kappa shape index (κ1) is 16.7. The molecule has 130 valence electrons. The lowest BCUT2D eigenvalue weighted by atomic mass is 9.97. The van der Waals surface area contributed by atoms with Crippen LogP contribution in [0.4, 0.5) is 0 Å². The van der Waals surface area contributed by atoms with Gasteiger partial charge in [-0.25, -0.2) is 4.98 Å². The Morgan fingerprint density at radius 1 is 1.38 bits per heavy atom. The third-order valence-corrected chi connectivity index (χ3v) is 4.89. The molecule has 1 saturated heterocycles. The van der Waals surface area contributed by atoms with E-state index in [0.717, 1.165) is 38.1 Å². The smallest absolute Gasteiger partial charge is 0.257 e. The van der Waals surface area contributed by atoms with Crippen molar-refractivity contribution in [1.82, 2.24) is 24.2 Å². The van der Waals surface area contributed by atoms with E-state index in [-0.39, 0.29) is 11.9 Å². The highest BCUT2D eigenvalue weighted by molar-refractivity contribution is 5.94. The molecule has 0 aliphatic carbocycles. The molecule has 1 fully saturated rings. The summed E-state index contributed by atoms with van der Waals surface area (Å²) >= 11 is 0.